The van der Waals surface area contributed by atoms with Crippen molar-refractivity contribution in [3.63, 3.8) is 0 Å². The molecule has 0 bridgehead atoms. The van der Waals surface area contributed by atoms with Crippen LogP contribution in [-0.4, -0.2) is 41.1 Å². The molecule has 3 N–H and O–H groups in total. The maximum Gasteiger partial charge on any atom is 0.407 e. The highest BCUT2D eigenvalue weighted by Gasteiger charge is 2.39. The summed E-state index contributed by atoms with van der Waals surface area (Å²) in [6, 6.07) is 9.93. The average Bonchev–Trinajstić information content (AvgIpc) is 3.47. The number of rotatable bonds is 6. The molecule has 1 aromatic rings. The van der Waals surface area contributed by atoms with Crippen LogP contribution >= 0.6 is 0 Å². The van der Waals surface area contributed by atoms with Crippen LogP contribution in [0.3, 0.4) is 0 Å². The second-order valence-electron chi connectivity index (χ2n) is 7.48. The highest BCUT2D eigenvalue weighted by Crippen LogP contribution is 2.34. The number of ether oxygens (including phenoxy) is 1. The minimum Gasteiger partial charge on any atom is -0.445 e. The minimum atomic E-state index is -0.445. The molecule has 6 nitrogen and oxygen atoms in total. The number of amides is 2. The molecule has 0 aliphatic heterocycles. The number of alkyl carbamates (subject to hydrolysis) is 1. The van der Waals surface area contributed by atoms with Crippen LogP contribution in [0.2, 0.25) is 0 Å². The molecule has 3 rings (SSSR count). The summed E-state index contributed by atoms with van der Waals surface area (Å²) in [6.07, 6.45) is 5.33. The number of carbonyl (C=O) groups is 2. The summed E-state index contributed by atoms with van der Waals surface area (Å²) in [5.74, 6) is 0.0613. The van der Waals surface area contributed by atoms with E-state index in [2.05, 4.69) is 5.32 Å². The third-order valence-corrected chi connectivity index (χ3v) is 5.21. The number of hydrogen-bond acceptors (Lipinski definition) is 4. The van der Waals surface area contributed by atoms with Gasteiger partial charge in [0.15, 0.2) is 0 Å². The first-order chi connectivity index (χ1) is 12.5. The molecule has 2 aliphatic rings. The SMILES string of the molecule is CC(N)C(=O)N(C1CCC(NC(=O)OCc2ccccc2)CC1)C1CC1. The fourth-order valence-electron chi connectivity index (χ4n) is 3.68. The Bertz CT molecular complexity index is 608. The Hall–Kier alpha value is -2.08. The molecule has 1 atom stereocenters. The standard InChI is InChI=1S/C20H29N3O3/c1-14(21)19(24)23(18-11-12-18)17-9-7-16(8-10-17)22-20(25)26-13-15-5-3-2-4-6-15/h2-6,14,16-18H,7-13,21H2,1H3,(H,22,25). The lowest BCUT2D eigenvalue weighted by Gasteiger charge is -2.38. The molecule has 0 aromatic heterocycles. The summed E-state index contributed by atoms with van der Waals surface area (Å²) in [7, 11) is 0. The molecule has 2 saturated carbocycles. The van der Waals surface area contributed by atoms with Gasteiger partial charge in [0.25, 0.3) is 0 Å². The van der Waals surface area contributed by atoms with E-state index in [1.165, 1.54) is 0 Å². The molecule has 26 heavy (non-hydrogen) atoms. The molecular formula is C20H29N3O3. The van der Waals surface area contributed by atoms with E-state index in [0.29, 0.717) is 6.04 Å². The van der Waals surface area contributed by atoms with Crippen LogP contribution in [0.15, 0.2) is 30.3 Å². The Kier molecular flexibility index (Phi) is 6.14. The zero-order valence-electron chi connectivity index (χ0n) is 15.4. The van der Waals surface area contributed by atoms with Gasteiger partial charge in [-0.2, -0.15) is 0 Å². The van der Waals surface area contributed by atoms with Crippen molar-refractivity contribution in [2.75, 3.05) is 0 Å². The van der Waals surface area contributed by atoms with Crippen molar-refractivity contribution in [2.24, 2.45) is 5.73 Å². The maximum absolute atomic E-state index is 12.4. The molecule has 0 radical (unpaired) electrons. The first kappa shape index (κ1) is 18.7. The van der Waals surface area contributed by atoms with Gasteiger partial charge in [0.05, 0.1) is 6.04 Å². The van der Waals surface area contributed by atoms with Crippen LogP contribution in [0, 0.1) is 0 Å². The van der Waals surface area contributed by atoms with Crippen molar-refractivity contribution in [2.45, 2.75) is 76.2 Å². The summed E-state index contributed by atoms with van der Waals surface area (Å²) in [4.78, 5) is 26.4. The van der Waals surface area contributed by atoms with Crippen molar-refractivity contribution in [3.8, 4) is 0 Å². The molecule has 0 heterocycles. The number of nitrogens with one attached hydrogen (secondary N) is 1. The van der Waals surface area contributed by atoms with Gasteiger partial charge in [-0.05, 0) is 51.0 Å². The van der Waals surface area contributed by atoms with Gasteiger partial charge in [0.1, 0.15) is 6.61 Å². The second-order valence-corrected chi connectivity index (χ2v) is 7.48. The molecule has 2 amide bonds. The van der Waals surface area contributed by atoms with Crippen molar-refractivity contribution in [3.05, 3.63) is 35.9 Å². The Morgan fingerprint density at radius 2 is 1.69 bits per heavy atom. The summed E-state index contributed by atoms with van der Waals surface area (Å²) in [5, 5.41) is 2.96. The van der Waals surface area contributed by atoms with Gasteiger partial charge in [0, 0.05) is 18.1 Å². The van der Waals surface area contributed by atoms with Crippen LogP contribution < -0.4 is 11.1 Å². The molecule has 0 saturated heterocycles. The summed E-state index contributed by atoms with van der Waals surface area (Å²) in [6.45, 7) is 2.04. The van der Waals surface area contributed by atoms with Gasteiger partial charge in [-0.3, -0.25) is 4.79 Å². The van der Waals surface area contributed by atoms with Gasteiger partial charge in [-0.1, -0.05) is 30.3 Å². The number of benzene rings is 1. The molecule has 1 unspecified atom stereocenters. The maximum atomic E-state index is 12.4. The Labute approximate surface area is 155 Å². The van der Waals surface area contributed by atoms with Crippen LogP contribution in [0.4, 0.5) is 4.79 Å². The third-order valence-electron chi connectivity index (χ3n) is 5.21. The summed E-state index contributed by atoms with van der Waals surface area (Å²) in [5.41, 5.74) is 6.79. The first-order valence-corrected chi connectivity index (χ1v) is 9.59. The molecule has 1 aromatic carbocycles. The van der Waals surface area contributed by atoms with E-state index in [-0.39, 0.29) is 30.7 Å². The number of nitrogens with zero attached hydrogens (tertiary/aromatic N) is 1. The van der Waals surface area contributed by atoms with Gasteiger partial charge in [-0.15, -0.1) is 0 Å². The Morgan fingerprint density at radius 3 is 2.23 bits per heavy atom. The zero-order chi connectivity index (χ0) is 18.5. The summed E-state index contributed by atoms with van der Waals surface area (Å²) >= 11 is 0. The molecule has 2 aliphatic carbocycles. The highest BCUT2D eigenvalue weighted by molar-refractivity contribution is 5.82. The van der Waals surface area contributed by atoms with Crippen LogP contribution in [0.5, 0.6) is 0 Å². The molecule has 6 heteroatoms. The number of nitrogens with two attached hydrogens (primary N) is 1. The molecule has 0 spiro atoms. The van der Waals surface area contributed by atoms with Crippen LogP contribution in [0.25, 0.3) is 0 Å². The van der Waals surface area contributed by atoms with Crippen molar-refractivity contribution in [1.29, 1.82) is 0 Å². The predicted molar refractivity (Wildman–Crippen MR) is 99.3 cm³/mol. The number of carbonyl (C=O) groups excluding carboxylic acids is 2. The molecule has 142 valence electrons. The van der Waals surface area contributed by atoms with Gasteiger partial charge >= 0.3 is 6.09 Å². The van der Waals surface area contributed by atoms with Gasteiger partial charge in [0.2, 0.25) is 5.91 Å². The van der Waals surface area contributed by atoms with E-state index in [4.69, 9.17) is 10.5 Å². The lowest BCUT2D eigenvalue weighted by molar-refractivity contribution is -0.136. The number of hydrogen-bond donors (Lipinski definition) is 2. The van der Waals surface area contributed by atoms with E-state index in [0.717, 1.165) is 44.1 Å². The van der Waals surface area contributed by atoms with Crippen LogP contribution in [0.1, 0.15) is 51.0 Å². The fourth-order valence-corrected chi connectivity index (χ4v) is 3.68. The zero-order valence-corrected chi connectivity index (χ0v) is 15.4. The highest BCUT2D eigenvalue weighted by atomic mass is 16.5. The van der Waals surface area contributed by atoms with E-state index in [9.17, 15) is 9.59 Å². The second kappa shape index (κ2) is 8.54. The largest absolute Gasteiger partial charge is 0.445 e. The minimum absolute atomic E-state index is 0.0613. The lowest BCUT2D eigenvalue weighted by atomic mass is 9.89. The smallest absolute Gasteiger partial charge is 0.407 e. The predicted octanol–water partition coefficient (Wildman–Crippen LogP) is 2.56. The van der Waals surface area contributed by atoms with Crippen molar-refractivity contribution in [1.82, 2.24) is 10.2 Å². The lowest BCUT2D eigenvalue weighted by Crippen LogP contribution is -2.51. The molecular weight excluding hydrogens is 330 g/mol. The third kappa shape index (κ3) is 4.97. The quantitative estimate of drug-likeness (QED) is 0.817. The van der Waals surface area contributed by atoms with E-state index in [1.807, 2.05) is 35.2 Å². The summed E-state index contributed by atoms with van der Waals surface area (Å²) < 4.78 is 5.29. The Morgan fingerprint density at radius 1 is 1.12 bits per heavy atom. The van der Waals surface area contributed by atoms with Crippen molar-refractivity contribution >= 4 is 12.0 Å². The average molecular weight is 359 g/mol. The topological polar surface area (TPSA) is 84.7 Å². The van der Waals surface area contributed by atoms with Crippen molar-refractivity contribution < 1.29 is 14.3 Å². The van der Waals surface area contributed by atoms with Gasteiger partial charge < -0.3 is 20.7 Å². The first-order valence-electron chi connectivity index (χ1n) is 9.59. The molecule has 2 fully saturated rings. The van der Waals surface area contributed by atoms with E-state index < -0.39 is 6.04 Å². The monoisotopic (exact) mass is 359 g/mol. The normalized spacial score (nSPS) is 23.8. The van der Waals surface area contributed by atoms with Crippen LogP contribution in [-0.2, 0) is 16.1 Å². The fraction of sp³-hybridized carbons (Fsp3) is 0.600. The van der Waals surface area contributed by atoms with Gasteiger partial charge in [-0.25, -0.2) is 4.79 Å². The Balaban J connectivity index is 1.43. The van der Waals surface area contributed by atoms with E-state index in [1.54, 1.807) is 6.92 Å². The van der Waals surface area contributed by atoms with E-state index >= 15 is 0 Å².